The highest BCUT2D eigenvalue weighted by Gasteiger charge is 2.48. The summed E-state index contributed by atoms with van der Waals surface area (Å²) in [6.07, 6.45) is 2.87. The van der Waals surface area contributed by atoms with Gasteiger partial charge in [0, 0.05) is 50.0 Å². The van der Waals surface area contributed by atoms with E-state index in [9.17, 15) is 9.59 Å². The number of carbonyl (C=O) groups is 2. The fraction of sp³-hybridized carbons (Fsp3) is 0.500. The topological polar surface area (TPSA) is 43.9 Å². The van der Waals surface area contributed by atoms with E-state index in [1.54, 1.807) is 6.92 Å². The number of carbonyl (C=O) groups excluding carboxylic acids is 2. The summed E-state index contributed by atoms with van der Waals surface area (Å²) in [5, 5.41) is 0. The minimum Gasteiger partial charge on any atom is -0.342 e. The molecular weight excluding hydrogens is 526 g/mol. The van der Waals surface area contributed by atoms with E-state index in [-0.39, 0.29) is 23.7 Å². The maximum atomic E-state index is 13.4. The number of hydrogen-bond donors (Lipinski definition) is 0. The van der Waals surface area contributed by atoms with Crippen LogP contribution < -0.4 is 0 Å². The zero-order chi connectivity index (χ0) is 23.7. The monoisotopic (exact) mass is 559 g/mol. The molecule has 2 aromatic carbocycles. The molecule has 35 heavy (non-hydrogen) atoms. The first-order chi connectivity index (χ1) is 16.4. The van der Waals surface area contributed by atoms with Crippen LogP contribution in [0.5, 0.6) is 0 Å². The van der Waals surface area contributed by atoms with Gasteiger partial charge in [-0.3, -0.25) is 9.59 Å². The number of hydrogen-bond acceptors (Lipinski definition) is 3. The van der Waals surface area contributed by atoms with E-state index >= 15 is 0 Å². The van der Waals surface area contributed by atoms with Gasteiger partial charge in [-0.1, -0.05) is 58.4 Å². The Hall–Kier alpha value is -1.89. The van der Waals surface area contributed by atoms with Crippen LogP contribution in [0.15, 0.2) is 59.1 Å². The number of likely N-dealkylation sites (tertiary alicyclic amines) is 3. The van der Waals surface area contributed by atoms with Crippen molar-refractivity contribution in [3.05, 3.63) is 70.2 Å². The van der Waals surface area contributed by atoms with Gasteiger partial charge in [0.15, 0.2) is 0 Å². The number of piperidine rings is 1. The van der Waals surface area contributed by atoms with Gasteiger partial charge in [0.05, 0.1) is 5.41 Å². The Morgan fingerprint density at radius 3 is 2.29 bits per heavy atom. The van der Waals surface area contributed by atoms with E-state index in [4.69, 9.17) is 0 Å². The highest BCUT2D eigenvalue weighted by Crippen LogP contribution is 2.43. The van der Waals surface area contributed by atoms with Crippen molar-refractivity contribution < 1.29 is 9.59 Å². The Labute approximate surface area is 223 Å². The average Bonchev–Trinajstić information content (AvgIpc) is 3.40. The zero-order valence-electron chi connectivity index (χ0n) is 20.4. The molecule has 0 N–H and O–H groups in total. The third-order valence-corrected chi connectivity index (χ3v) is 8.84. The molecule has 3 aliphatic heterocycles. The molecule has 0 radical (unpaired) electrons. The second-order valence-corrected chi connectivity index (χ2v) is 11.3. The number of rotatable bonds is 5. The lowest BCUT2D eigenvalue weighted by Crippen LogP contribution is -2.46. The first-order valence-corrected chi connectivity index (χ1v) is 13.3. The lowest BCUT2D eigenvalue weighted by Gasteiger charge is -2.39. The quantitative estimate of drug-likeness (QED) is 0.520. The highest BCUT2D eigenvalue weighted by molar-refractivity contribution is 9.10. The molecular formula is C28H35BrClN3O2. The molecule has 0 unspecified atom stereocenters. The van der Waals surface area contributed by atoms with Crippen molar-refractivity contribution in [2.75, 3.05) is 39.3 Å². The van der Waals surface area contributed by atoms with Gasteiger partial charge >= 0.3 is 0 Å². The van der Waals surface area contributed by atoms with Gasteiger partial charge in [0.2, 0.25) is 11.8 Å². The molecule has 2 aromatic rings. The number of nitrogens with zero attached hydrogens (tertiary/aromatic N) is 3. The van der Waals surface area contributed by atoms with Crippen LogP contribution in [0.4, 0.5) is 0 Å². The molecule has 1 spiro atoms. The first-order valence-electron chi connectivity index (χ1n) is 12.5. The van der Waals surface area contributed by atoms with Crippen molar-refractivity contribution in [2.45, 2.75) is 38.6 Å². The Balaban J connectivity index is 0.00000289. The summed E-state index contributed by atoms with van der Waals surface area (Å²) in [6, 6.07) is 18.9. The predicted molar refractivity (Wildman–Crippen MR) is 144 cm³/mol. The maximum absolute atomic E-state index is 13.4. The van der Waals surface area contributed by atoms with Crippen molar-refractivity contribution in [3.63, 3.8) is 0 Å². The Morgan fingerprint density at radius 1 is 0.971 bits per heavy atom. The lowest BCUT2D eigenvalue weighted by atomic mass is 9.76. The normalized spacial score (nSPS) is 24.1. The molecule has 2 amide bonds. The van der Waals surface area contributed by atoms with Crippen molar-refractivity contribution >= 4 is 40.2 Å². The van der Waals surface area contributed by atoms with Gasteiger partial charge < -0.3 is 14.7 Å². The molecule has 0 aromatic heterocycles. The Bertz CT molecular complexity index is 1020. The minimum atomic E-state index is -0.175. The van der Waals surface area contributed by atoms with Crippen molar-refractivity contribution in [3.8, 4) is 0 Å². The minimum absolute atomic E-state index is 0. The van der Waals surface area contributed by atoms with Crippen LogP contribution in [0.2, 0.25) is 0 Å². The van der Waals surface area contributed by atoms with Crippen molar-refractivity contribution in [1.29, 1.82) is 0 Å². The van der Waals surface area contributed by atoms with Crippen LogP contribution in [-0.4, -0.2) is 65.8 Å². The number of halogens is 2. The summed E-state index contributed by atoms with van der Waals surface area (Å²) in [4.78, 5) is 32.1. The third-order valence-electron chi connectivity index (χ3n) is 8.31. The van der Waals surface area contributed by atoms with E-state index < -0.39 is 0 Å². The zero-order valence-corrected chi connectivity index (χ0v) is 22.8. The van der Waals surface area contributed by atoms with Gasteiger partial charge in [-0.25, -0.2) is 0 Å². The molecule has 3 heterocycles. The van der Waals surface area contributed by atoms with Gasteiger partial charge in [-0.2, -0.15) is 0 Å². The first kappa shape index (κ1) is 26.2. The van der Waals surface area contributed by atoms with E-state index in [2.05, 4.69) is 68.2 Å². The average molecular weight is 561 g/mol. The van der Waals surface area contributed by atoms with Gasteiger partial charge in [0.25, 0.3) is 0 Å². The van der Waals surface area contributed by atoms with E-state index in [0.29, 0.717) is 24.3 Å². The molecule has 188 valence electrons. The van der Waals surface area contributed by atoms with Crippen LogP contribution in [0, 0.1) is 11.3 Å². The van der Waals surface area contributed by atoms with Crippen molar-refractivity contribution in [2.24, 2.45) is 11.3 Å². The van der Waals surface area contributed by atoms with Gasteiger partial charge in [0.1, 0.15) is 0 Å². The van der Waals surface area contributed by atoms with Crippen molar-refractivity contribution in [1.82, 2.24) is 14.7 Å². The number of amides is 2. The fourth-order valence-electron chi connectivity index (χ4n) is 6.20. The number of benzene rings is 2. The van der Waals surface area contributed by atoms with Crippen LogP contribution >= 0.6 is 28.3 Å². The SMILES string of the molecule is CC(=O)N1C[C@H](CN2CCC3(CC2)CCN(Cc2ccc(Br)cc2)C3=O)[C@@H](c2ccccc2)C1.Cl. The van der Waals surface area contributed by atoms with Crippen LogP contribution in [-0.2, 0) is 16.1 Å². The molecule has 2 atom stereocenters. The molecule has 3 saturated heterocycles. The fourth-order valence-corrected chi connectivity index (χ4v) is 6.47. The molecule has 3 aliphatic rings. The standard InChI is InChI=1S/C28H34BrN3O2.ClH/c1-21(33)32-19-24(26(20-32)23-5-3-2-4-6-23)18-30-14-11-28(12-15-30)13-16-31(27(28)34)17-22-7-9-25(29)10-8-22;/h2-10,24,26H,11-20H2,1H3;1H/t24-,26+;/m0./s1. The summed E-state index contributed by atoms with van der Waals surface area (Å²) in [6.45, 7) is 7.82. The summed E-state index contributed by atoms with van der Waals surface area (Å²) in [7, 11) is 0. The van der Waals surface area contributed by atoms with Gasteiger partial charge in [-0.05, 0) is 61.5 Å². The van der Waals surface area contributed by atoms with Crippen LogP contribution in [0.1, 0.15) is 43.2 Å². The molecule has 0 bridgehead atoms. The van der Waals surface area contributed by atoms with E-state index in [0.717, 1.165) is 63.0 Å². The third kappa shape index (κ3) is 5.60. The summed E-state index contributed by atoms with van der Waals surface area (Å²) < 4.78 is 1.07. The summed E-state index contributed by atoms with van der Waals surface area (Å²) in [5.74, 6) is 1.34. The summed E-state index contributed by atoms with van der Waals surface area (Å²) in [5.41, 5.74) is 2.35. The molecule has 0 aliphatic carbocycles. The Kier molecular flexibility index (Phi) is 8.24. The van der Waals surface area contributed by atoms with E-state index in [1.165, 1.54) is 11.1 Å². The largest absolute Gasteiger partial charge is 0.342 e. The second-order valence-electron chi connectivity index (χ2n) is 10.4. The molecule has 5 rings (SSSR count). The molecule has 5 nitrogen and oxygen atoms in total. The van der Waals surface area contributed by atoms with Crippen LogP contribution in [0.25, 0.3) is 0 Å². The van der Waals surface area contributed by atoms with E-state index in [1.807, 2.05) is 17.0 Å². The van der Waals surface area contributed by atoms with Crippen LogP contribution in [0.3, 0.4) is 0 Å². The molecule has 0 saturated carbocycles. The smallest absolute Gasteiger partial charge is 0.229 e. The van der Waals surface area contributed by atoms with Gasteiger partial charge in [-0.15, -0.1) is 12.4 Å². The Morgan fingerprint density at radius 2 is 1.63 bits per heavy atom. The molecule has 7 heteroatoms. The highest BCUT2D eigenvalue weighted by atomic mass is 79.9. The molecule has 3 fully saturated rings. The predicted octanol–water partition coefficient (Wildman–Crippen LogP) is 4.95. The second kappa shape index (κ2) is 11.0. The summed E-state index contributed by atoms with van der Waals surface area (Å²) >= 11 is 3.49. The lowest BCUT2D eigenvalue weighted by molar-refractivity contribution is -0.139. The maximum Gasteiger partial charge on any atom is 0.229 e.